The smallest absolute Gasteiger partial charge is 0.251 e. The topological polar surface area (TPSA) is 93.6 Å². The molecule has 1 aliphatic heterocycles. The van der Waals surface area contributed by atoms with Crippen LogP contribution in [0.3, 0.4) is 0 Å². The van der Waals surface area contributed by atoms with E-state index in [4.69, 9.17) is 4.99 Å². The molecule has 0 spiro atoms. The van der Waals surface area contributed by atoms with E-state index in [1.807, 2.05) is 72.8 Å². The molecule has 6 rings (SSSR count). The number of carbonyl (C=O) groups is 1. The molecule has 5 aromatic rings. The highest BCUT2D eigenvalue weighted by molar-refractivity contribution is 6.21. The Balaban J connectivity index is 1.34. The zero-order valence-corrected chi connectivity index (χ0v) is 24.5. The molecule has 0 bridgehead atoms. The van der Waals surface area contributed by atoms with Crippen molar-refractivity contribution in [2.24, 2.45) is 4.99 Å². The van der Waals surface area contributed by atoms with Crippen molar-refractivity contribution >= 4 is 28.2 Å². The number of fused-ring (bicyclic) bond motifs is 1. The zero-order chi connectivity index (χ0) is 29.6. The quantitative estimate of drug-likeness (QED) is 0.162. The number of hydrogen-bond acceptors (Lipinski definition) is 5. The maximum absolute atomic E-state index is 13.4. The van der Waals surface area contributed by atoms with Gasteiger partial charge in [-0.1, -0.05) is 61.9 Å². The molecule has 218 valence electrons. The predicted molar refractivity (Wildman–Crippen MR) is 172 cm³/mol. The largest absolute Gasteiger partial charge is 0.494 e. The van der Waals surface area contributed by atoms with Gasteiger partial charge >= 0.3 is 0 Å². The third-order valence-corrected chi connectivity index (χ3v) is 8.13. The summed E-state index contributed by atoms with van der Waals surface area (Å²) in [5.41, 5.74) is 5.96. The maximum atomic E-state index is 13.4. The van der Waals surface area contributed by atoms with Crippen LogP contribution in [0.15, 0.2) is 102 Å². The molecule has 7 heteroatoms. The third-order valence-electron chi connectivity index (χ3n) is 8.13. The molecule has 3 heterocycles. The number of aromatic hydroxyl groups is 1. The summed E-state index contributed by atoms with van der Waals surface area (Å²) < 4.78 is 0. The number of H-pyrrole nitrogens is 1. The first-order valence-corrected chi connectivity index (χ1v) is 15.1. The van der Waals surface area contributed by atoms with Crippen LogP contribution in [-0.2, 0) is 6.54 Å². The summed E-state index contributed by atoms with van der Waals surface area (Å²) in [6.07, 6.45) is 6.33. The van der Waals surface area contributed by atoms with E-state index in [1.165, 1.54) is 24.8 Å². The van der Waals surface area contributed by atoms with Crippen LogP contribution in [0.1, 0.15) is 71.4 Å². The highest BCUT2D eigenvalue weighted by Crippen LogP contribution is 2.32. The minimum atomic E-state index is -0.176. The fourth-order valence-corrected chi connectivity index (χ4v) is 5.83. The van der Waals surface area contributed by atoms with Gasteiger partial charge in [0.15, 0.2) is 5.88 Å². The van der Waals surface area contributed by atoms with Gasteiger partial charge in [0.1, 0.15) is 5.71 Å². The molecule has 7 nitrogen and oxygen atoms in total. The van der Waals surface area contributed by atoms with Gasteiger partial charge in [-0.15, -0.1) is 0 Å². The molecule has 1 aliphatic rings. The van der Waals surface area contributed by atoms with Gasteiger partial charge in [-0.25, -0.2) is 4.99 Å². The van der Waals surface area contributed by atoms with Gasteiger partial charge in [0.05, 0.1) is 23.0 Å². The van der Waals surface area contributed by atoms with E-state index in [9.17, 15) is 9.90 Å². The Labute approximate surface area is 252 Å². The van der Waals surface area contributed by atoms with Gasteiger partial charge in [0, 0.05) is 29.2 Å². The standard InChI is InChI=1S/C36H37N5O2/c1-2-30(26-11-5-3-6-12-26)39-35(42)27-16-19-31-29(23-27)33(36(43)40-31)34(32-13-7-8-20-37-32)38-28-17-14-25(15-18-28)24-41-21-9-4-10-22-41/h3,5-8,11-20,23,30,40,43H,2,4,9-10,21-22,24H2,1H3,(H,39,42)/t30-/m1/s1. The molecule has 43 heavy (non-hydrogen) atoms. The Morgan fingerprint density at radius 2 is 1.74 bits per heavy atom. The first kappa shape index (κ1) is 28.4. The van der Waals surface area contributed by atoms with Gasteiger partial charge in [-0.2, -0.15) is 0 Å². The molecule has 3 aromatic carbocycles. The number of aliphatic imine (C=N–C) groups is 1. The van der Waals surface area contributed by atoms with Crippen molar-refractivity contribution in [1.29, 1.82) is 0 Å². The fourth-order valence-electron chi connectivity index (χ4n) is 5.83. The van der Waals surface area contributed by atoms with E-state index in [0.717, 1.165) is 37.3 Å². The average molecular weight is 572 g/mol. The number of amides is 1. The van der Waals surface area contributed by atoms with Crippen LogP contribution < -0.4 is 5.32 Å². The minimum absolute atomic E-state index is 0.0191. The van der Waals surface area contributed by atoms with Crippen LogP contribution >= 0.6 is 0 Å². The molecule has 0 radical (unpaired) electrons. The second kappa shape index (κ2) is 13.0. The van der Waals surface area contributed by atoms with Gasteiger partial charge in [0.25, 0.3) is 5.91 Å². The van der Waals surface area contributed by atoms with E-state index in [1.54, 1.807) is 12.3 Å². The number of likely N-dealkylation sites (tertiary alicyclic amines) is 1. The summed E-state index contributed by atoms with van der Waals surface area (Å²) in [7, 11) is 0. The fraction of sp³-hybridized carbons (Fsp3) is 0.250. The van der Waals surface area contributed by atoms with Crippen molar-refractivity contribution in [2.45, 2.75) is 45.2 Å². The summed E-state index contributed by atoms with van der Waals surface area (Å²) in [6.45, 7) is 5.29. The lowest BCUT2D eigenvalue weighted by atomic mass is 10.0. The SMILES string of the molecule is CC[C@@H](NC(=O)c1ccc2[nH]c(O)c(C(=Nc3ccc(CN4CCCCC4)cc3)c3ccccn3)c2c1)c1ccccc1. The molecule has 1 amide bonds. The van der Waals surface area contributed by atoms with E-state index >= 15 is 0 Å². The molecular weight excluding hydrogens is 534 g/mol. The summed E-state index contributed by atoms with van der Waals surface area (Å²) in [6, 6.07) is 29.2. The van der Waals surface area contributed by atoms with Gasteiger partial charge in [-0.3, -0.25) is 14.7 Å². The summed E-state index contributed by atoms with van der Waals surface area (Å²) in [4.78, 5) is 28.6. The van der Waals surface area contributed by atoms with Crippen molar-refractivity contribution in [3.63, 3.8) is 0 Å². The molecule has 1 saturated heterocycles. The van der Waals surface area contributed by atoms with E-state index < -0.39 is 0 Å². The number of nitrogens with zero attached hydrogens (tertiary/aromatic N) is 3. The van der Waals surface area contributed by atoms with Crippen LogP contribution in [0.5, 0.6) is 5.88 Å². The van der Waals surface area contributed by atoms with Crippen LogP contribution in [0.4, 0.5) is 5.69 Å². The Kier molecular flexibility index (Phi) is 8.61. The minimum Gasteiger partial charge on any atom is -0.494 e. The second-order valence-electron chi connectivity index (χ2n) is 11.1. The summed E-state index contributed by atoms with van der Waals surface area (Å²) in [5.74, 6) is -0.195. The van der Waals surface area contributed by atoms with Crippen molar-refractivity contribution < 1.29 is 9.90 Å². The molecule has 0 aliphatic carbocycles. The van der Waals surface area contributed by atoms with Gasteiger partial charge < -0.3 is 15.4 Å². The molecule has 0 saturated carbocycles. The number of aromatic amines is 1. The monoisotopic (exact) mass is 571 g/mol. The number of aromatic nitrogens is 2. The summed E-state index contributed by atoms with van der Waals surface area (Å²) >= 11 is 0. The van der Waals surface area contributed by atoms with Crippen LogP contribution in [0, 0.1) is 0 Å². The number of carbonyl (C=O) groups excluding carboxylic acids is 1. The molecule has 1 atom stereocenters. The lowest BCUT2D eigenvalue weighted by Gasteiger charge is -2.26. The molecule has 0 unspecified atom stereocenters. The Hall–Kier alpha value is -4.75. The van der Waals surface area contributed by atoms with Crippen LogP contribution in [0.2, 0.25) is 0 Å². The van der Waals surface area contributed by atoms with Crippen molar-refractivity contribution in [1.82, 2.24) is 20.2 Å². The Morgan fingerprint density at radius 1 is 0.977 bits per heavy atom. The lowest BCUT2D eigenvalue weighted by molar-refractivity contribution is 0.0935. The number of nitrogens with one attached hydrogen (secondary N) is 2. The third kappa shape index (κ3) is 6.52. The molecular formula is C36H37N5O2. The normalized spacial score (nSPS) is 15.0. The highest BCUT2D eigenvalue weighted by Gasteiger charge is 2.22. The Morgan fingerprint density at radius 3 is 2.47 bits per heavy atom. The number of hydrogen-bond donors (Lipinski definition) is 3. The highest BCUT2D eigenvalue weighted by atomic mass is 16.3. The number of pyridine rings is 1. The number of piperidine rings is 1. The first-order chi connectivity index (χ1) is 21.1. The number of benzene rings is 3. The number of rotatable bonds is 9. The van der Waals surface area contributed by atoms with Gasteiger partial charge in [0.2, 0.25) is 0 Å². The van der Waals surface area contributed by atoms with Crippen molar-refractivity contribution in [3.8, 4) is 5.88 Å². The van der Waals surface area contributed by atoms with E-state index in [0.29, 0.717) is 33.4 Å². The predicted octanol–water partition coefficient (Wildman–Crippen LogP) is 7.30. The van der Waals surface area contributed by atoms with Gasteiger partial charge in [-0.05, 0) is 85.9 Å². The average Bonchev–Trinajstić information content (AvgIpc) is 3.39. The van der Waals surface area contributed by atoms with E-state index in [-0.39, 0.29) is 17.8 Å². The molecule has 3 N–H and O–H groups in total. The molecule has 1 fully saturated rings. The zero-order valence-electron chi connectivity index (χ0n) is 24.5. The first-order valence-electron chi connectivity index (χ1n) is 15.1. The van der Waals surface area contributed by atoms with Crippen molar-refractivity contribution in [2.75, 3.05) is 13.1 Å². The molecule has 2 aromatic heterocycles. The van der Waals surface area contributed by atoms with Crippen LogP contribution in [-0.4, -0.2) is 44.7 Å². The van der Waals surface area contributed by atoms with E-state index in [2.05, 4.69) is 39.2 Å². The summed E-state index contributed by atoms with van der Waals surface area (Å²) in [5, 5.41) is 15.0. The maximum Gasteiger partial charge on any atom is 0.251 e. The Bertz CT molecular complexity index is 1710. The van der Waals surface area contributed by atoms with Crippen molar-refractivity contribution in [3.05, 3.63) is 125 Å². The second-order valence-corrected chi connectivity index (χ2v) is 11.1. The lowest BCUT2D eigenvalue weighted by Crippen LogP contribution is -2.28. The van der Waals surface area contributed by atoms with Crippen LogP contribution in [0.25, 0.3) is 10.9 Å².